The SMILES string of the molecule is CC(=O)Nc1ccnc(C(C)C)c1. The predicted octanol–water partition coefficient (Wildman–Crippen LogP) is 2.16. The van der Waals surface area contributed by atoms with Gasteiger partial charge in [0.2, 0.25) is 5.91 Å². The number of pyridine rings is 1. The Morgan fingerprint density at radius 2 is 2.23 bits per heavy atom. The Kier molecular flexibility index (Phi) is 3.01. The largest absolute Gasteiger partial charge is 0.326 e. The summed E-state index contributed by atoms with van der Waals surface area (Å²) in [4.78, 5) is 15.0. The molecule has 1 aromatic rings. The molecule has 0 aliphatic rings. The fourth-order valence-corrected chi connectivity index (χ4v) is 1.05. The summed E-state index contributed by atoms with van der Waals surface area (Å²) in [7, 11) is 0. The topological polar surface area (TPSA) is 42.0 Å². The molecule has 0 unspecified atom stereocenters. The van der Waals surface area contributed by atoms with E-state index < -0.39 is 0 Å². The number of amides is 1. The van der Waals surface area contributed by atoms with Gasteiger partial charge in [0.1, 0.15) is 0 Å². The van der Waals surface area contributed by atoms with Crippen molar-refractivity contribution in [2.75, 3.05) is 5.32 Å². The third kappa shape index (κ3) is 2.86. The van der Waals surface area contributed by atoms with E-state index in [-0.39, 0.29) is 5.91 Å². The van der Waals surface area contributed by atoms with Gasteiger partial charge in [0.15, 0.2) is 0 Å². The molecule has 70 valence electrons. The molecule has 0 saturated heterocycles. The summed E-state index contributed by atoms with van der Waals surface area (Å²) in [6.07, 6.45) is 1.71. The van der Waals surface area contributed by atoms with E-state index in [0.717, 1.165) is 11.4 Å². The molecule has 1 amide bonds. The molecule has 1 heterocycles. The van der Waals surface area contributed by atoms with Crippen LogP contribution in [0.25, 0.3) is 0 Å². The molecule has 13 heavy (non-hydrogen) atoms. The van der Waals surface area contributed by atoms with Gasteiger partial charge in [-0.2, -0.15) is 0 Å². The fraction of sp³-hybridized carbons (Fsp3) is 0.400. The fourth-order valence-electron chi connectivity index (χ4n) is 1.05. The molecule has 1 aromatic heterocycles. The molecular formula is C10H14N2O. The number of hydrogen-bond acceptors (Lipinski definition) is 2. The van der Waals surface area contributed by atoms with Crippen LogP contribution in [0, 0.1) is 0 Å². The van der Waals surface area contributed by atoms with Crippen LogP contribution in [0.5, 0.6) is 0 Å². The Labute approximate surface area is 78.2 Å². The maximum absolute atomic E-state index is 10.8. The van der Waals surface area contributed by atoms with Gasteiger partial charge < -0.3 is 5.32 Å². The van der Waals surface area contributed by atoms with Crippen LogP contribution >= 0.6 is 0 Å². The second-order valence-electron chi connectivity index (χ2n) is 3.31. The minimum atomic E-state index is -0.0547. The van der Waals surface area contributed by atoms with E-state index in [1.165, 1.54) is 6.92 Å². The van der Waals surface area contributed by atoms with E-state index >= 15 is 0 Å². The highest BCUT2D eigenvalue weighted by molar-refractivity contribution is 5.88. The number of rotatable bonds is 2. The Balaban J connectivity index is 2.85. The lowest BCUT2D eigenvalue weighted by Gasteiger charge is -2.06. The minimum Gasteiger partial charge on any atom is -0.326 e. The van der Waals surface area contributed by atoms with E-state index in [4.69, 9.17) is 0 Å². The first-order chi connectivity index (χ1) is 6.09. The highest BCUT2D eigenvalue weighted by Crippen LogP contribution is 2.15. The lowest BCUT2D eigenvalue weighted by molar-refractivity contribution is -0.114. The molecule has 1 rings (SSSR count). The number of carbonyl (C=O) groups excluding carboxylic acids is 1. The first kappa shape index (κ1) is 9.71. The van der Waals surface area contributed by atoms with E-state index in [1.807, 2.05) is 6.07 Å². The van der Waals surface area contributed by atoms with Crippen molar-refractivity contribution in [3.8, 4) is 0 Å². The summed E-state index contributed by atoms with van der Waals surface area (Å²) in [6, 6.07) is 3.68. The average Bonchev–Trinajstić information content (AvgIpc) is 2.03. The number of nitrogens with zero attached hydrogens (tertiary/aromatic N) is 1. The van der Waals surface area contributed by atoms with Crippen LogP contribution < -0.4 is 5.32 Å². The maximum atomic E-state index is 10.8. The Morgan fingerprint density at radius 1 is 1.54 bits per heavy atom. The highest BCUT2D eigenvalue weighted by Gasteiger charge is 2.02. The molecule has 3 nitrogen and oxygen atoms in total. The van der Waals surface area contributed by atoms with E-state index in [1.54, 1.807) is 12.3 Å². The van der Waals surface area contributed by atoms with Gasteiger partial charge in [-0.25, -0.2) is 0 Å². The van der Waals surface area contributed by atoms with Crippen LogP contribution in [0.15, 0.2) is 18.3 Å². The molecule has 0 aliphatic heterocycles. The Morgan fingerprint density at radius 3 is 2.77 bits per heavy atom. The standard InChI is InChI=1S/C10H14N2O/c1-7(2)10-6-9(4-5-11-10)12-8(3)13/h4-7H,1-3H3,(H,11,12,13). The second kappa shape index (κ2) is 4.03. The molecule has 3 heteroatoms. The molecule has 0 saturated carbocycles. The van der Waals surface area contributed by atoms with Gasteiger partial charge in [0.05, 0.1) is 0 Å². The molecule has 0 spiro atoms. The van der Waals surface area contributed by atoms with Crippen molar-refractivity contribution in [1.82, 2.24) is 4.98 Å². The molecule has 0 bridgehead atoms. The highest BCUT2D eigenvalue weighted by atomic mass is 16.1. The smallest absolute Gasteiger partial charge is 0.221 e. The lowest BCUT2D eigenvalue weighted by Crippen LogP contribution is -2.06. The zero-order chi connectivity index (χ0) is 9.84. The van der Waals surface area contributed by atoms with Gasteiger partial charge in [-0.3, -0.25) is 9.78 Å². The average molecular weight is 178 g/mol. The van der Waals surface area contributed by atoms with Crippen molar-refractivity contribution in [3.63, 3.8) is 0 Å². The number of aromatic nitrogens is 1. The van der Waals surface area contributed by atoms with Crippen molar-refractivity contribution < 1.29 is 4.79 Å². The second-order valence-corrected chi connectivity index (χ2v) is 3.31. The summed E-state index contributed by atoms with van der Waals surface area (Å²) in [5.74, 6) is 0.328. The van der Waals surface area contributed by atoms with Gasteiger partial charge in [-0.05, 0) is 18.1 Å². The Hall–Kier alpha value is -1.38. The van der Waals surface area contributed by atoms with Crippen LogP contribution in [0.2, 0.25) is 0 Å². The van der Waals surface area contributed by atoms with Gasteiger partial charge in [0.25, 0.3) is 0 Å². The Bertz CT molecular complexity index is 308. The van der Waals surface area contributed by atoms with Gasteiger partial charge in [0, 0.05) is 24.5 Å². The number of hydrogen-bond donors (Lipinski definition) is 1. The van der Waals surface area contributed by atoms with Gasteiger partial charge in [-0.1, -0.05) is 13.8 Å². The molecule has 0 aliphatic carbocycles. The zero-order valence-corrected chi connectivity index (χ0v) is 8.16. The van der Waals surface area contributed by atoms with Crippen molar-refractivity contribution >= 4 is 11.6 Å². The van der Waals surface area contributed by atoms with Crippen molar-refractivity contribution in [2.24, 2.45) is 0 Å². The normalized spacial score (nSPS) is 10.2. The van der Waals surface area contributed by atoms with Crippen LogP contribution in [0.1, 0.15) is 32.4 Å². The van der Waals surface area contributed by atoms with Gasteiger partial charge >= 0.3 is 0 Å². The third-order valence-electron chi connectivity index (χ3n) is 1.69. The monoisotopic (exact) mass is 178 g/mol. The summed E-state index contributed by atoms with van der Waals surface area (Å²) in [5.41, 5.74) is 1.80. The molecule has 0 aromatic carbocycles. The van der Waals surface area contributed by atoms with Gasteiger partial charge in [-0.15, -0.1) is 0 Å². The first-order valence-electron chi connectivity index (χ1n) is 4.33. The van der Waals surface area contributed by atoms with Crippen LogP contribution in [0.3, 0.4) is 0 Å². The van der Waals surface area contributed by atoms with E-state index in [2.05, 4.69) is 24.1 Å². The van der Waals surface area contributed by atoms with Crippen molar-refractivity contribution in [2.45, 2.75) is 26.7 Å². The zero-order valence-electron chi connectivity index (χ0n) is 8.16. The van der Waals surface area contributed by atoms with E-state index in [9.17, 15) is 4.79 Å². The summed E-state index contributed by atoms with van der Waals surface area (Å²) in [5, 5.41) is 2.72. The molecule has 0 fully saturated rings. The van der Waals surface area contributed by atoms with Crippen molar-refractivity contribution in [1.29, 1.82) is 0 Å². The predicted molar refractivity (Wildman–Crippen MR) is 52.6 cm³/mol. The molecule has 0 radical (unpaired) electrons. The molecule has 0 atom stereocenters. The summed E-state index contributed by atoms with van der Waals surface area (Å²) < 4.78 is 0. The summed E-state index contributed by atoms with van der Waals surface area (Å²) >= 11 is 0. The van der Waals surface area contributed by atoms with Crippen LogP contribution in [0.4, 0.5) is 5.69 Å². The first-order valence-corrected chi connectivity index (χ1v) is 4.33. The van der Waals surface area contributed by atoms with E-state index in [0.29, 0.717) is 5.92 Å². The third-order valence-corrected chi connectivity index (χ3v) is 1.69. The van der Waals surface area contributed by atoms with Crippen molar-refractivity contribution in [3.05, 3.63) is 24.0 Å². The summed E-state index contributed by atoms with van der Waals surface area (Å²) in [6.45, 7) is 5.63. The molecule has 1 N–H and O–H groups in total. The lowest BCUT2D eigenvalue weighted by atomic mass is 10.1. The molecular weight excluding hydrogens is 164 g/mol. The minimum absolute atomic E-state index is 0.0547. The number of nitrogens with one attached hydrogen (secondary N) is 1. The maximum Gasteiger partial charge on any atom is 0.221 e. The number of anilines is 1. The van der Waals surface area contributed by atoms with Crippen LogP contribution in [-0.2, 0) is 4.79 Å². The van der Waals surface area contributed by atoms with Crippen LogP contribution in [-0.4, -0.2) is 10.9 Å². The number of carbonyl (C=O) groups is 1. The quantitative estimate of drug-likeness (QED) is 0.754.